The van der Waals surface area contributed by atoms with E-state index in [-0.39, 0.29) is 5.41 Å². The lowest BCUT2D eigenvalue weighted by Crippen LogP contribution is -2.23. The second kappa shape index (κ2) is 4.56. The van der Waals surface area contributed by atoms with Crippen molar-refractivity contribution in [3.63, 3.8) is 0 Å². The van der Waals surface area contributed by atoms with Crippen LogP contribution in [-0.4, -0.2) is 6.54 Å². The first-order valence-electron chi connectivity index (χ1n) is 5.93. The smallest absolute Gasteiger partial charge is 0.0297 e. The van der Waals surface area contributed by atoms with E-state index in [0.29, 0.717) is 0 Å². The SMILES string of the molecule is CCNC1=CCC(C)(c2ccccc2)C=C1. The van der Waals surface area contributed by atoms with Gasteiger partial charge in [-0.3, -0.25) is 0 Å². The van der Waals surface area contributed by atoms with Crippen molar-refractivity contribution < 1.29 is 0 Å². The van der Waals surface area contributed by atoms with Crippen LogP contribution in [0, 0.1) is 0 Å². The molecule has 1 aromatic rings. The highest BCUT2D eigenvalue weighted by atomic mass is 14.9. The van der Waals surface area contributed by atoms with Crippen LogP contribution in [0.5, 0.6) is 0 Å². The van der Waals surface area contributed by atoms with Gasteiger partial charge in [-0.05, 0) is 25.0 Å². The fourth-order valence-electron chi connectivity index (χ4n) is 2.10. The van der Waals surface area contributed by atoms with Gasteiger partial charge in [0, 0.05) is 17.7 Å². The van der Waals surface area contributed by atoms with Gasteiger partial charge in [0.25, 0.3) is 0 Å². The molecule has 1 N–H and O–H groups in total. The number of nitrogens with one attached hydrogen (secondary N) is 1. The fourth-order valence-corrected chi connectivity index (χ4v) is 2.10. The van der Waals surface area contributed by atoms with Crippen LogP contribution in [0.25, 0.3) is 0 Å². The highest BCUT2D eigenvalue weighted by molar-refractivity contribution is 5.37. The van der Waals surface area contributed by atoms with E-state index in [2.05, 4.69) is 67.7 Å². The van der Waals surface area contributed by atoms with Gasteiger partial charge in [-0.15, -0.1) is 0 Å². The minimum absolute atomic E-state index is 0.153. The second-order valence-corrected chi connectivity index (χ2v) is 4.51. The van der Waals surface area contributed by atoms with Crippen LogP contribution < -0.4 is 5.32 Å². The van der Waals surface area contributed by atoms with Gasteiger partial charge in [0.1, 0.15) is 0 Å². The molecule has 84 valence electrons. The van der Waals surface area contributed by atoms with E-state index in [9.17, 15) is 0 Å². The van der Waals surface area contributed by atoms with Crippen LogP contribution in [-0.2, 0) is 5.41 Å². The first-order valence-corrected chi connectivity index (χ1v) is 5.93. The molecule has 1 nitrogen and oxygen atoms in total. The minimum atomic E-state index is 0.153. The Morgan fingerprint density at radius 1 is 1.25 bits per heavy atom. The Morgan fingerprint density at radius 3 is 2.56 bits per heavy atom. The molecule has 0 amide bonds. The molecule has 0 spiro atoms. The molecule has 1 aromatic carbocycles. The van der Waals surface area contributed by atoms with E-state index in [1.54, 1.807) is 0 Å². The fraction of sp³-hybridized carbons (Fsp3) is 0.333. The van der Waals surface area contributed by atoms with Crippen molar-refractivity contribution in [2.75, 3.05) is 6.54 Å². The Kier molecular flexibility index (Phi) is 3.14. The van der Waals surface area contributed by atoms with Gasteiger partial charge < -0.3 is 5.32 Å². The second-order valence-electron chi connectivity index (χ2n) is 4.51. The summed E-state index contributed by atoms with van der Waals surface area (Å²) in [5.41, 5.74) is 2.79. The van der Waals surface area contributed by atoms with Gasteiger partial charge in [-0.1, -0.05) is 49.4 Å². The van der Waals surface area contributed by atoms with Crippen molar-refractivity contribution in [3.8, 4) is 0 Å². The van der Waals surface area contributed by atoms with E-state index < -0.39 is 0 Å². The molecule has 1 aliphatic carbocycles. The van der Waals surface area contributed by atoms with Crippen molar-refractivity contribution >= 4 is 0 Å². The molecule has 0 radical (unpaired) electrons. The highest BCUT2D eigenvalue weighted by Crippen LogP contribution is 2.32. The summed E-state index contributed by atoms with van der Waals surface area (Å²) in [7, 11) is 0. The van der Waals surface area contributed by atoms with Crippen LogP contribution in [0.4, 0.5) is 0 Å². The molecule has 0 saturated heterocycles. The molecule has 1 atom stereocenters. The number of hydrogen-bond acceptors (Lipinski definition) is 1. The van der Waals surface area contributed by atoms with Crippen molar-refractivity contribution in [1.82, 2.24) is 5.32 Å². The van der Waals surface area contributed by atoms with Gasteiger partial charge in [0.2, 0.25) is 0 Å². The minimum Gasteiger partial charge on any atom is -0.386 e. The van der Waals surface area contributed by atoms with E-state index >= 15 is 0 Å². The zero-order valence-electron chi connectivity index (χ0n) is 10.0. The number of hydrogen-bond donors (Lipinski definition) is 1. The first kappa shape index (κ1) is 11.0. The predicted octanol–water partition coefficient (Wildman–Crippen LogP) is 3.40. The molecule has 0 fully saturated rings. The van der Waals surface area contributed by atoms with Crippen LogP contribution in [0.1, 0.15) is 25.8 Å². The Morgan fingerprint density at radius 2 is 2.00 bits per heavy atom. The van der Waals surface area contributed by atoms with Crippen LogP contribution in [0.15, 0.2) is 54.3 Å². The van der Waals surface area contributed by atoms with E-state index in [4.69, 9.17) is 0 Å². The third-order valence-corrected chi connectivity index (χ3v) is 3.19. The standard InChI is InChI=1S/C15H19N/c1-3-16-14-9-11-15(2,12-10-14)13-7-5-4-6-8-13/h4-11,16H,3,12H2,1-2H3. The lowest BCUT2D eigenvalue weighted by molar-refractivity contribution is 0.591. The summed E-state index contributed by atoms with van der Waals surface area (Å²) in [6.07, 6.45) is 7.85. The number of allylic oxidation sites excluding steroid dienone is 3. The van der Waals surface area contributed by atoms with Crippen molar-refractivity contribution in [1.29, 1.82) is 0 Å². The molecule has 1 aliphatic rings. The number of rotatable bonds is 3. The van der Waals surface area contributed by atoms with Crippen LogP contribution >= 0.6 is 0 Å². The lowest BCUT2D eigenvalue weighted by Gasteiger charge is -2.28. The summed E-state index contributed by atoms with van der Waals surface area (Å²) >= 11 is 0. The monoisotopic (exact) mass is 213 g/mol. The van der Waals surface area contributed by atoms with Crippen molar-refractivity contribution in [2.45, 2.75) is 25.7 Å². The Bertz CT molecular complexity index is 403. The summed E-state index contributed by atoms with van der Waals surface area (Å²) in [6, 6.07) is 10.7. The molecule has 0 aliphatic heterocycles. The Hall–Kier alpha value is -1.50. The van der Waals surface area contributed by atoms with Crippen LogP contribution in [0.3, 0.4) is 0 Å². The molecule has 2 rings (SSSR count). The van der Waals surface area contributed by atoms with Gasteiger partial charge >= 0.3 is 0 Å². The molecule has 1 unspecified atom stereocenters. The maximum absolute atomic E-state index is 3.35. The van der Waals surface area contributed by atoms with Gasteiger partial charge in [0.15, 0.2) is 0 Å². The number of likely N-dealkylation sites (N-methyl/N-ethyl adjacent to an activating group) is 1. The molecular formula is C15H19N. The zero-order valence-corrected chi connectivity index (χ0v) is 10.0. The highest BCUT2D eigenvalue weighted by Gasteiger charge is 2.24. The summed E-state index contributed by atoms with van der Waals surface area (Å²) < 4.78 is 0. The molecule has 0 aromatic heterocycles. The zero-order chi connectivity index (χ0) is 11.4. The van der Waals surface area contributed by atoms with E-state index in [0.717, 1.165) is 13.0 Å². The van der Waals surface area contributed by atoms with Crippen molar-refractivity contribution in [3.05, 3.63) is 59.8 Å². The average Bonchev–Trinajstić information content (AvgIpc) is 2.34. The summed E-state index contributed by atoms with van der Waals surface area (Å²) in [6.45, 7) is 5.40. The molecular weight excluding hydrogens is 194 g/mol. The van der Waals surface area contributed by atoms with Gasteiger partial charge in [-0.2, -0.15) is 0 Å². The van der Waals surface area contributed by atoms with E-state index in [1.807, 2.05) is 0 Å². The Labute approximate surface area is 97.9 Å². The van der Waals surface area contributed by atoms with Gasteiger partial charge in [0.05, 0.1) is 0 Å². The predicted molar refractivity (Wildman–Crippen MR) is 69.3 cm³/mol. The lowest BCUT2D eigenvalue weighted by atomic mass is 9.77. The third-order valence-electron chi connectivity index (χ3n) is 3.19. The molecule has 16 heavy (non-hydrogen) atoms. The third kappa shape index (κ3) is 2.19. The normalized spacial score (nSPS) is 24.0. The van der Waals surface area contributed by atoms with Crippen LogP contribution in [0.2, 0.25) is 0 Å². The summed E-state index contributed by atoms with van der Waals surface area (Å²) in [5, 5.41) is 3.35. The Balaban J connectivity index is 2.17. The maximum Gasteiger partial charge on any atom is 0.0297 e. The summed E-state index contributed by atoms with van der Waals surface area (Å²) in [4.78, 5) is 0. The first-order chi connectivity index (χ1) is 7.74. The molecule has 0 heterocycles. The largest absolute Gasteiger partial charge is 0.386 e. The summed E-state index contributed by atoms with van der Waals surface area (Å²) in [5.74, 6) is 0. The molecule has 0 bridgehead atoms. The topological polar surface area (TPSA) is 12.0 Å². The molecule has 1 heteroatoms. The quantitative estimate of drug-likeness (QED) is 0.811. The maximum atomic E-state index is 3.35. The molecule has 0 saturated carbocycles. The van der Waals surface area contributed by atoms with Crippen molar-refractivity contribution in [2.24, 2.45) is 0 Å². The van der Waals surface area contributed by atoms with Gasteiger partial charge in [-0.25, -0.2) is 0 Å². The number of benzene rings is 1. The average molecular weight is 213 g/mol. The van der Waals surface area contributed by atoms with E-state index in [1.165, 1.54) is 11.3 Å².